The fraction of sp³-hybridized carbons (Fsp3) is 0.917. The second kappa shape index (κ2) is 4.34. The Hall–Kier alpha value is -0.610. The molecule has 1 aliphatic carbocycles. The zero-order valence-electron chi connectivity index (χ0n) is 10.2. The van der Waals surface area contributed by atoms with Crippen LogP contribution in [0.5, 0.6) is 0 Å². The van der Waals surface area contributed by atoms with Crippen LogP contribution in [0.2, 0.25) is 0 Å². The summed E-state index contributed by atoms with van der Waals surface area (Å²) in [6.07, 6.45) is 4.07. The van der Waals surface area contributed by atoms with Gasteiger partial charge in [-0.25, -0.2) is 0 Å². The van der Waals surface area contributed by atoms with Crippen LogP contribution in [-0.2, 0) is 4.79 Å². The fourth-order valence-corrected chi connectivity index (χ4v) is 2.32. The number of carbonyl (C=O) groups is 1. The highest BCUT2D eigenvalue weighted by molar-refractivity contribution is 5.82. The zero-order valence-corrected chi connectivity index (χ0v) is 10.2. The molecule has 1 saturated heterocycles. The van der Waals surface area contributed by atoms with Crippen molar-refractivity contribution in [2.45, 2.75) is 57.2 Å². The van der Waals surface area contributed by atoms with Crippen LogP contribution in [-0.4, -0.2) is 46.7 Å². The van der Waals surface area contributed by atoms with Gasteiger partial charge in [-0.05, 0) is 26.2 Å². The van der Waals surface area contributed by atoms with Crippen LogP contribution in [0.15, 0.2) is 0 Å². The predicted octanol–water partition coefficient (Wildman–Crippen LogP) is 0.500. The molecule has 0 aromatic rings. The van der Waals surface area contributed by atoms with Crippen LogP contribution >= 0.6 is 0 Å². The van der Waals surface area contributed by atoms with Gasteiger partial charge in [-0.3, -0.25) is 9.69 Å². The van der Waals surface area contributed by atoms with Gasteiger partial charge in [-0.2, -0.15) is 0 Å². The van der Waals surface area contributed by atoms with Crippen LogP contribution in [0.25, 0.3) is 0 Å². The summed E-state index contributed by atoms with van der Waals surface area (Å²) in [6.45, 7) is 5.27. The molecule has 2 N–H and O–H groups in total. The molecule has 1 unspecified atom stereocenters. The van der Waals surface area contributed by atoms with Gasteiger partial charge >= 0.3 is 0 Å². The molecular weight excluding hydrogens is 204 g/mol. The van der Waals surface area contributed by atoms with Gasteiger partial charge in [0.2, 0.25) is 5.91 Å². The van der Waals surface area contributed by atoms with E-state index < -0.39 is 5.60 Å². The van der Waals surface area contributed by atoms with Crippen LogP contribution in [0.4, 0.5) is 0 Å². The Labute approximate surface area is 97.0 Å². The maximum Gasteiger partial charge on any atom is 0.237 e. The summed E-state index contributed by atoms with van der Waals surface area (Å²) in [7, 11) is 0. The van der Waals surface area contributed by atoms with Crippen LogP contribution in [0.1, 0.15) is 39.5 Å². The van der Waals surface area contributed by atoms with Crippen molar-refractivity contribution in [2.75, 3.05) is 13.1 Å². The lowest BCUT2D eigenvalue weighted by Crippen LogP contribution is -2.66. The van der Waals surface area contributed by atoms with E-state index in [1.807, 2.05) is 11.8 Å². The number of β-amino-alcohol motifs (C(OH)–C–C–N with tert-alkyl or cyclic N) is 1. The molecule has 2 fully saturated rings. The molecule has 0 aromatic carbocycles. The maximum atomic E-state index is 11.8. The third-order valence-electron chi connectivity index (χ3n) is 3.56. The minimum absolute atomic E-state index is 0.0993. The van der Waals surface area contributed by atoms with Gasteiger partial charge in [-0.15, -0.1) is 0 Å². The normalized spacial score (nSPS) is 25.9. The number of nitrogens with one attached hydrogen (secondary N) is 1. The molecule has 0 aromatic heterocycles. The number of nitrogens with zero attached hydrogens (tertiary/aromatic N) is 1. The highest BCUT2D eigenvalue weighted by Gasteiger charge is 2.44. The van der Waals surface area contributed by atoms with Crippen molar-refractivity contribution in [3.63, 3.8) is 0 Å². The monoisotopic (exact) mass is 226 g/mol. The van der Waals surface area contributed by atoms with Crippen molar-refractivity contribution in [3.05, 3.63) is 0 Å². The summed E-state index contributed by atoms with van der Waals surface area (Å²) in [6, 6.07) is 0.323. The van der Waals surface area contributed by atoms with E-state index in [0.717, 1.165) is 25.7 Å². The Morgan fingerprint density at radius 2 is 2.19 bits per heavy atom. The maximum absolute atomic E-state index is 11.8. The first-order valence-corrected chi connectivity index (χ1v) is 6.31. The predicted molar refractivity (Wildman–Crippen MR) is 62.1 cm³/mol. The molecule has 4 heteroatoms. The molecular formula is C12H22N2O2. The number of amides is 1. The minimum Gasteiger partial charge on any atom is -0.387 e. The molecule has 1 amide bonds. The SMILES string of the molecule is CCCC1(O)CN(C(C)C(=O)NC2CC2)C1. The van der Waals surface area contributed by atoms with E-state index in [4.69, 9.17) is 0 Å². The first-order chi connectivity index (χ1) is 7.54. The summed E-state index contributed by atoms with van der Waals surface area (Å²) < 4.78 is 0. The molecule has 0 radical (unpaired) electrons. The summed E-state index contributed by atoms with van der Waals surface area (Å²) >= 11 is 0. The van der Waals surface area contributed by atoms with Crippen LogP contribution in [0, 0.1) is 0 Å². The van der Waals surface area contributed by atoms with Gasteiger partial charge in [0.1, 0.15) is 0 Å². The van der Waals surface area contributed by atoms with E-state index in [0.29, 0.717) is 19.1 Å². The van der Waals surface area contributed by atoms with Crippen LogP contribution in [0.3, 0.4) is 0 Å². The zero-order chi connectivity index (χ0) is 11.8. The molecule has 1 heterocycles. The highest BCUT2D eigenvalue weighted by Crippen LogP contribution is 2.28. The largest absolute Gasteiger partial charge is 0.387 e. The lowest BCUT2D eigenvalue weighted by molar-refractivity contribution is -0.143. The number of hydrogen-bond donors (Lipinski definition) is 2. The molecule has 0 spiro atoms. The number of hydrogen-bond acceptors (Lipinski definition) is 3. The third-order valence-corrected chi connectivity index (χ3v) is 3.56. The third kappa shape index (κ3) is 2.55. The minimum atomic E-state index is -0.539. The van der Waals surface area contributed by atoms with E-state index in [9.17, 15) is 9.90 Å². The Morgan fingerprint density at radius 1 is 1.56 bits per heavy atom. The molecule has 92 valence electrons. The fourth-order valence-electron chi connectivity index (χ4n) is 2.32. The lowest BCUT2D eigenvalue weighted by Gasteiger charge is -2.48. The molecule has 2 aliphatic rings. The van der Waals surface area contributed by atoms with Crippen molar-refractivity contribution < 1.29 is 9.90 Å². The summed E-state index contributed by atoms with van der Waals surface area (Å²) in [5.41, 5.74) is -0.539. The van der Waals surface area contributed by atoms with Crippen molar-refractivity contribution in [2.24, 2.45) is 0 Å². The van der Waals surface area contributed by atoms with Gasteiger partial charge in [0.25, 0.3) is 0 Å². The second-order valence-corrected chi connectivity index (χ2v) is 5.34. The number of aliphatic hydroxyl groups is 1. The van der Waals surface area contributed by atoms with E-state index >= 15 is 0 Å². The lowest BCUT2D eigenvalue weighted by atomic mass is 9.88. The van der Waals surface area contributed by atoms with Gasteiger partial charge in [-0.1, -0.05) is 13.3 Å². The topological polar surface area (TPSA) is 52.6 Å². The molecule has 0 bridgehead atoms. The molecule has 1 aliphatic heterocycles. The van der Waals surface area contributed by atoms with E-state index in [2.05, 4.69) is 12.2 Å². The molecule has 4 nitrogen and oxygen atoms in total. The molecule has 16 heavy (non-hydrogen) atoms. The van der Waals surface area contributed by atoms with Gasteiger partial charge in [0.15, 0.2) is 0 Å². The number of rotatable bonds is 5. The van der Waals surface area contributed by atoms with Gasteiger partial charge in [0.05, 0.1) is 11.6 Å². The summed E-state index contributed by atoms with van der Waals surface area (Å²) in [4.78, 5) is 13.8. The summed E-state index contributed by atoms with van der Waals surface area (Å²) in [5.74, 6) is 0.112. The first kappa shape index (κ1) is 11.9. The summed E-state index contributed by atoms with van der Waals surface area (Å²) in [5, 5.41) is 13.0. The van der Waals surface area contributed by atoms with Crippen LogP contribution < -0.4 is 5.32 Å². The Bertz CT molecular complexity index is 270. The van der Waals surface area contributed by atoms with Crippen molar-refractivity contribution in [1.29, 1.82) is 0 Å². The Kier molecular flexibility index (Phi) is 3.22. The van der Waals surface area contributed by atoms with E-state index in [1.54, 1.807) is 0 Å². The van der Waals surface area contributed by atoms with E-state index in [-0.39, 0.29) is 11.9 Å². The molecule has 1 saturated carbocycles. The van der Waals surface area contributed by atoms with E-state index in [1.165, 1.54) is 0 Å². The smallest absolute Gasteiger partial charge is 0.237 e. The Balaban J connectivity index is 1.75. The molecule has 1 atom stereocenters. The quantitative estimate of drug-likeness (QED) is 0.718. The highest BCUT2D eigenvalue weighted by atomic mass is 16.3. The first-order valence-electron chi connectivity index (χ1n) is 6.31. The molecule has 2 rings (SSSR count). The average molecular weight is 226 g/mol. The number of likely N-dealkylation sites (tertiary alicyclic amines) is 1. The second-order valence-electron chi connectivity index (χ2n) is 5.34. The number of carbonyl (C=O) groups excluding carboxylic acids is 1. The standard InChI is InChI=1S/C12H22N2O2/c1-3-6-12(16)7-14(8-12)9(2)11(15)13-10-4-5-10/h9-10,16H,3-8H2,1-2H3,(H,13,15). The van der Waals surface area contributed by atoms with Crippen molar-refractivity contribution in [1.82, 2.24) is 10.2 Å². The van der Waals surface area contributed by atoms with Crippen molar-refractivity contribution in [3.8, 4) is 0 Å². The Morgan fingerprint density at radius 3 is 2.69 bits per heavy atom. The average Bonchev–Trinajstić information content (AvgIpc) is 2.97. The van der Waals surface area contributed by atoms with Crippen molar-refractivity contribution >= 4 is 5.91 Å². The van der Waals surface area contributed by atoms with Gasteiger partial charge in [0, 0.05) is 19.1 Å². The van der Waals surface area contributed by atoms with Gasteiger partial charge < -0.3 is 10.4 Å².